The molecular weight excluding hydrogens is 180 g/mol. The first kappa shape index (κ1) is 9.06. The van der Waals surface area contributed by atoms with Crippen LogP contribution in [0.25, 0.3) is 0 Å². The Morgan fingerprint density at radius 1 is 1.50 bits per heavy atom. The summed E-state index contributed by atoms with van der Waals surface area (Å²) in [5.74, 6) is -0.138. The van der Waals surface area contributed by atoms with E-state index in [0.29, 0.717) is 6.42 Å². The molecule has 1 aromatic rings. The van der Waals surface area contributed by atoms with Crippen LogP contribution >= 0.6 is 0 Å². The van der Waals surface area contributed by atoms with Crippen LogP contribution in [-0.4, -0.2) is 17.2 Å². The molecule has 0 aliphatic carbocycles. The van der Waals surface area contributed by atoms with Gasteiger partial charge in [0.1, 0.15) is 5.75 Å². The zero-order valence-electron chi connectivity index (χ0n) is 8.20. The molecule has 0 unspecified atom stereocenters. The summed E-state index contributed by atoms with van der Waals surface area (Å²) < 4.78 is 5.35. The summed E-state index contributed by atoms with van der Waals surface area (Å²) in [5, 5.41) is 8.82. The lowest BCUT2D eigenvalue weighted by molar-refractivity contribution is -0.144. The Labute approximate surface area is 82.3 Å². The Morgan fingerprint density at radius 3 is 2.86 bits per heavy atom. The Kier molecular flexibility index (Phi) is 1.95. The molecule has 0 saturated carbocycles. The highest BCUT2D eigenvalue weighted by atomic mass is 16.5. The van der Waals surface area contributed by atoms with E-state index in [4.69, 9.17) is 9.84 Å². The van der Waals surface area contributed by atoms with Crippen molar-refractivity contribution < 1.29 is 14.6 Å². The van der Waals surface area contributed by atoms with Gasteiger partial charge >= 0.3 is 5.97 Å². The number of benzene rings is 1. The summed E-state index contributed by atoms with van der Waals surface area (Å²) in [4.78, 5) is 10.7. The van der Waals surface area contributed by atoms with Crippen LogP contribution in [-0.2, 0) is 11.2 Å². The van der Waals surface area contributed by atoms with Gasteiger partial charge in [0.2, 0.25) is 0 Å². The van der Waals surface area contributed by atoms with Crippen molar-refractivity contribution in [1.29, 1.82) is 0 Å². The van der Waals surface area contributed by atoms with Gasteiger partial charge < -0.3 is 9.84 Å². The number of carboxylic acids is 1. The number of aliphatic carboxylic acids is 1. The van der Waals surface area contributed by atoms with E-state index < -0.39 is 12.1 Å². The molecule has 1 aliphatic rings. The monoisotopic (exact) mass is 192 g/mol. The predicted octanol–water partition coefficient (Wildman–Crippen LogP) is 1.69. The molecule has 1 N–H and O–H groups in total. The fraction of sp³-hybridized carbons (Fsp3) is 0.364. The van der Waals surface area contributed by atoms with E-state index in [-0.39, 0.29) is 0 Å². The molecule has 3 heteroatoms. The van der Waals surface area contributed by atoms with E-state index in [1.165, 1.54) is 0 Å². The molecular formula is C11H12O3. The van der Waals surface area contributed by atoms with Crippen LogP contribution in [0, 0.1) is 13.8 Å². The van der Waals surface area contributed by atoms with Crippen molar-refractivity contribution in [3.05, 3.63) is 28.8 Å². The van der Waals surface area contributed by atoms with Crippen LogP contribution in [0.1, 0.15) is 16.7 Å². The molecule has 0 spiro atoms. The third-order valence-electron chi connectivity index (χ3n) is 2.44. The molecule has 0 radical (unpaired) electrons. The van der Waals surface area contributed by atoms with E-state index >= 15 is 0 Å². The van der Waals surface area contributed by atoms with Gasteiger partial charge in [0.05, 0.1) is 0 Å². The van der Waals surface area contributed by atoms with Gasteiger partial charge in [-0.25, -0.2) is 4.79 Å². The molecule has 3 nitrogen and oxygen atoms in total. The quantitative estimate of drug-likeness (QED) is 0.736. The van der Waals surface area contributed by atoms with Crippen LogP contribution in [0.15, 0.2) is 12.1 Å². The standard InChI is InChI=1S/C11H12O3/c1-6-3-7(2)10-8(4-6)5-9(14-10)11(12)13/h3-4,9H,5H2,1-2H3,(H,12,13)/t9-/m0/s1. The maximum atomic E-state index is 10.7. The Morgan fingerprint density at radius 2 is 2.21 bits per heavy atom. The Hall–Kier alpha value is -1.51. The average Bonchev–Trinajstić information content (AvgIpc) is 2.47. The van der Waals surface area contributed by atoms with E-state index in [9.17, 15) is 4.79 Å². The molecule has 1 atom stereocenters. The number of hydrogen-bond donors (Lipinski definition) is 1. The summed E-state index contributed by atoms with van der Waals surface area (Å²) in [6.07, 6.45) is -0.224. The summed E-state index contributed by atoms with van der Waals surface area (Å²) in [5.41, 5.74) is 3.18. The van der Waals surface area contributed by atoms with Gasteiger partial charge in [-0.05, 0) is 25.0 Å². The van der Waals surface area contributed by atoms with E-state index in [0.717, 1.165) is 22.4 Å². The summed E-state index contributed by atoms with van der Waals surface area (Å²) in [7, 11) is 0. The summed E-state index contributed by atoms with van der Waals surface area (Å²) in [6.45, 7) is 3.94. The maximum absolute atomic E-state index is 10.7. The molecule has 0 saturated heterocycles. The number of carboxylic acid groups (broad SMARTS) is 1. The lowest BCUT2D eigenvalue weighted by atomic mass is 10.0. The van der Waals surface area contributed by atoms with Crippen molar-refractivity contribution in [2.75, 3.05) is 0 Å². The number of rotatable bonds is 1. The molecule has 74 valence electrons. The summed E-state index contributed by atoms with van der Waals surface area (Å²) >= 11 is 0. The van der Waals surface area contributed by atoms with E-state index in [1.807, 2.05) is 26.0 Å². The molecule has 0 bridgehead atoms. The third kappa shape index (κ3) is 1.35. The largest absolute Gasteiger partial charge is 0.478 e. The van der Waals surface area contributed by atoms with Crippen molar-refractivity contribution in [3.8, 4) is 5.75 Å². The lowest BCUT2D eigenvalue weighted by Crippen LogP contribution is -2.24. The molecule has 1 aliphatic heterocycles. The molecule has 0 aromatic heterocycles. The second kappa shape index (κ2) is 3.01. The molecule has 0 fully saturated rings. The second-order valence-corrected chi connectivity index (χ2v) is 3.72. The fourth-order valence-corrected chi connectivity index (χ4v) is 1.88. The molecule has 2 rings (SSSR count). The minimum atomic E-state index is -0.891. The summed E-state index contributed by atoms with van der Waals surface area (Å²) in [6, 6.07) is 3.99. The van der Waals surface area contributed by atoms with Gasteiger partial charge in [-0.2, -0.15) is 0 Å². The zero-order chi connectivity index (χ0) is 10.3. The number of fused-ring (bicyclic) bond motifs is 1. The van der Waals surface area contributed by atoms with Gasteiger partial charge in [0.15, 0.2) is 6.10 Å². The Bertz CT molecular complexity index is 396. The van der Waals surface area contributed by atoms with Gasteiger partial charge in [0, 0.05) is 6.42 Å². The number of carbonyl (C=O) groups is 1. The zero-order valence-corrected chi connectivity index (χ0v) is 8.20. The topological polar surface area (TPSA) is 46.5 Å². The SMILES string of the molecule is Cc1cc(C)c2c(c1)C[C@@H](C(=O)O)O2. The number of hydrogen-bond acceptors (Lipinski definition) is 2. The van der Waals surface area contributed by atoms with Crippen LogP contribution < -0.4 is 4.74 Å². The molecule has 1 aromatic carbocycles. The normalized spacial score (nSPS) is 18.9. The van der Waals surface area contributed by atoms with Crippen LogP contribution in [0.2, 0.25) is 0 Å². The third-order valence-corrected chi connectivity index (χ3v) is 2.44. The highest BCUT2D eigenvalue weighted by molar-refractivity contribution is 5.75. The number of ether oxygens (including phenoxy) is 1. The second-order valence-electron chi connectivity index (χ2n) is 3.72. The van der Waals surface area contributed by atoms with Crippen molar-refractivity contribution in [1.82, 2.24) is 0 Å². The highest BCUT2D eigenvalue weighted by Gasteiger charge is 2.29. The average molecular weight is 192 g/mol. The fourth-order valence-electron chi connectivity index (χ4n) is 1.88. The smallest absolute Gasteiger partial charge is 0.345 e. The molecule has 0 amide bonds. The van der Waals surface area contributed by atoms with Crippen LogP contribution in [0.3, 0.4) is 0 Å². The molecule has 14 heavy (non-hydrogen) atoms. The number of aryl methyl sites for hydroxylation is 2. The van der Waals surface area contributed by atoms with Gasteiger partial charge in [-0.1, -0.05) is 17.7 Å². The Balaban J connectivity index is 2.39. The molecule has 1 heterocycles. The predicted molar refractivity (Wildman–Crippen MR) is 51.7 cm³/mol. The van der Waals surface area contributed by atoms with Crippen molar-refractivity contribution in [2.24, 2.45) is 0 Å². The van der Waals surface area contributed by atoms with Crippen molar-refractivity contribution in [3.63, 3.8) is 0 Å². The van der Waals surface area contributed by atoms with Crippen LogP contribution in [0.4, 0.5) is 0 Å². The first-order valence-electron chi connectivity index (χ1n) is 4.57. The van der Waals surface area contributed by atoms with Crippen LogP contribution in [0.5, 0.6) is 5.75 Å². The maximum Gasteiger partial charge on any atom is 0.345 e. The minimum Gasteiger partial charge on any atom is -0.478 e. The van der Waals surface area contributed by atoms with Gasteiger partial charge in [-0.15, -0.1) is 0 Å². The minimum absolute atomic E-state index is 0.479. The highest BCUT2D eigenvalue weighted by Crippen LogP contribution is 2.33. The lowest BCUT2D eigenvalue weighted by Gasteiger charge is -2.06. The van der Waals surface area contributed by atoms with E-state index in [2.05, 4.69) is 0 Å². The first-order chi connectivity index (χ1) is 6.58. The first-order valence-corrected chi connectivity index (χ1v) is 4.57. The van der Waals surface area contributed by atoms with E-state index in [1.54, 1.807) is 0 Å². The van der Waals surface area contributed by atoms with Crippen molar-refractivity contribution >= 4 is 5.97 Å². The van der Waals surface area contributed by atoms with Gasteiger partial charge in [-0.3, -0.25) is 0 Å². The van der Waals surface area contributed by atoms with Gasteiger partial charge in [0.25, 0.3) is 0 Å². The van der Waals surface area contributed by atoms with Crippen molar-refractivity contribution in [2.45, 2.75) is 26.4 Å².